The Morgan fingerprint density at radius 2 is 2.17 bits per heavy atom. The van der Waals surface area contributed by atoms with E-state index in [-0.39, 0.29) is 5.56 Å². The van der Waals surface area contributed by atoms with Crippen molar-refractivity contribution in [2.24, 2.45) is 0 Å². The molecule has 94 valence electrons. The van der Waals surface area contributed by atoms with Crippen LogP contribution in [0.5, 0.6) is 11.5 Å². The fourth-order valence-corrected chi connectivity index (χ4v) is 2.08. The van der Waals surface area contributed by atoms with Crippen LogP contribution < -0.4 is 9.47 Å². The van der Waals surface area contributed by atoms with Gasteiger partial charge in [-0.1, -0.05) is 6.07 Å². The highest BCUT2D eigenvalue weighted by Gasteiger charge is 2.10. The van der Waals surface area contributed by atoms with Crippen LogP contribution in [-0.2, 0) is 6.61 Å². The molecule has 0 radical (unpaired) electrons. The smallest absolute Gasteiger partial charge is 0.335 e. The van der Waals surface area contributed by atoms with Crippen LogP contribution in [-0.4, -0.2) is 18.2 Å². The predicted molar refractivity (Wildman–Crippen MR) is 68.6 cm³/mol. The van der Waals surface area contributed by atoms with Gasteiger partial charge in [0.15, 0.2) is 11.5 Å². The van der Waals surface area contributed by atoms with Crippen LogP contribution in [0.4, 0.5) is 0 Å². The first-order chi connectivity index (χ1) is 8.70. The first-order valence-electron chi connectivity index (χ1n) is 5.27. The van der Waals surface area contributed by atoms with Gasteiger partial charge in [0.2, 0.25) is 0 Å². The molecular formula is C13H12O4S. The molecule has 1 heterocycles. The summed E-state index contributed by atoms with van der Waals surface area (Å²) in [5.74, 6) is -0.0269. The number of rotatable bonds is 5. The summed E-state index contributed by atoms with van der Waals surface area (Å²) >= 11 is 1.58. The van der Waals surface area contributed by atoms with Gasteiger partial charge < -0.3 is 14.6 Å². The first kappa shape index (κ1) is 12.4. The second-order valence-electron chi connectivity index (χ2n) is 3.54. The number of ether oxygens (including phenoxy) is 2. The molecule has 4 nitrogen and oxygen atoms in total. The van der Waals surface area contributed by atoms with Gasteiger partial charge in [0.25, 0.3) is 0 Å². The van der Waals surface area contributed by atoms with Crippen molar-refractivity contribution >= 4 is 17.3 Å². The van der Waals surface area contributed by atoms with E-state index >= 15 is 0 Å². The van der Waals surface area contributed by atoms with E-state index in [0.29, 0.717) is 18.1 Å². The third kappa shape index (κ3) is 2.81. The molecule has 2 rings (SSSR count). The average molecular weight is 264 g/mol. The lowest BCUT2D eigenvalue weighted by molar-refractivity contribution is 0.0696. The van der Waals surface area contributed by atoms with E-state index in [1.54, 1.807) is 17.4 Å². The summed E-state index contributed by atoms with van der Waals surface area (Å²) in [5.41, 5.74) is 0.178. The van der Waals surface area contributed by atoms with Crippen molar-refractivity contribution in [1.29, 1.82) is 0 Å². The highest BCUT2D eigenvalue weighted by Crippen LogP contribution is 2.29. The second-order valence-corrected chi connectivity index (χ2v) is 4.57. The van der Waals surface area contributed by atoms with Crippen molar-refractivity contribution in [1.82, 2.24) is 0 Å². The Hall–Kier alpha value is -2.01. The van der Waals surface area contributed by atoms with Crippen LogP contribution in [0.15, 0.2) is 35.7 Å². The van der Waals surface area contributed by atoms with Gasteiger partial charge >= 0.3 is 5.97 Å². The quantitative estimate of drug-likeness (QED) is 0.901. The summed E-state index contributed by atoms with van der Waals surface area (Å²) in [6, 6.07) is 8.44. The second kappa shape index (κ2) is 5.55. The minimum absolute atomic E-state index is 0.178. The van der Waals surface area contributed by atoms with E-state index in [0.717, 1.165) is 4.88 Å². The number of aromatic carboxylic acids is 1. The molecule has 0 saturated heterocycles. The predicted octanol–water partition coefficient (Wildman–Crippen LogP) is 3.03. The highest BCUT2D eigenvalue weighted by atomic mass is 32.1. The van der Waals surface area contributed by atoms with Gasteiger partial charge in [-0.2, -0.15) is 0 Å². The topological polar surface area (TPSA) is 55.8 Å². The molecule has 0 saturated carbocycles. The van der Waals surface area contributed by atoms with E-state index in [9.17, 15) is 4.79 Å². The standard InChI is InChI=1S/C13H12O4S/c1-16-11-5-4-9(13(14)15)7-12(11)17-8-10-3-2-6-18-10/h2-7H,8H2,1H3,(H,14,15). The lowest BCUT2D eigenvalue weighted by atomic mass is 10.2. The largest absolute Gasteiger partial charge is 0.493 e. The van der Waals surface area contributed by atoms with E-state index in [1.807, 2.05) is 17.5 Å². The summed E-state index contributed by atoms with van der Waals surface area (Å²) in [6.45, 7) is 0.400. The lowest BCUT2D eigenvalue weighted by Crippen LogP contribution is -2.00. The Balaban J connectivity index is 2.18. The monoisotopic (exact) mass is 264 g/mol. The van der Waals surface area contributed by atoms with E-state index in [1.165, 1.54) is 19.2 Å². The van der Waals surface area contributed by atoms with Crippen LogP contribution in [0.1, 0.15) is 15.2 Å². The maximum absolute atomic E-state index is 10.9. The zero-order valence-electron chi connectivity index (χ0n) is 9.75. The van der Waals surface area contributed by atoms with Gasteiger partial charge in [0.05, 0.1) is 12.7 Å². The molecule has 0 spiro atoms. The Morgan fingerprint density at radius 1 is 1.33 bits per heavy atom. The van der Waals surface area contributed by atoms with Gasteiger partial charge in [0, 0.05) is 4.88 Å². The van der Waals surface area contributed by atoms with Crippen LogP contribution in [0.3, 0.4) is 0 Å². The summed E-state index contributed by atoms with van der Waals surface area (Å²) in [4.78, 5) is 12.0. The number of hydrogen-bond donors (Lipinski definition) is 1. The molecule has 0 aliphatic rings. The van der Waals surface area contributed by atoms with Crippen molar-refractivity contribution < 1.29 is 19.4 Å². The molecular weight excluding hydrogens is 252 g/mol. The molecule has 0 fully saturated rings. The Morgan fingerprint density at radius 3 is 2.78 bits per heavy atom. The SMILES string of the molecule is COc1ccc(C(=O)O)cc1OCc1cccs1. The van der Waals surface area contributed by atoms with Crippen molar-refractivity contribution in [3.8, 4) is 11.5 Å². The number of carboxylic acids is 1. The number of carboxylic acid groups (broad SMARTS) is 1. The van der Waals surface area contributed by atoms with E-state index < -0.39 is 5.97 Å². The molecule has 1 aromatic heterocycles. The molecule has 1 N–H and O–H groups in total. The number of benzene rings is 1. The molecule has 1 aromatic carbocycles. The van der Waals surface area contributed by atoms with Crippen molar-refractivity contribution in [3.63, 3.8) is 0 Å². The zero-order valence-corrected chi connectivity index (χ0v) is 10.6. The Bertz CT molecular complexity index is 534. The molecule has 18 heavy (non-hydrogen) atoms. The van der Waals surface area contributed by atoms with Gasteiger partial charge in [-0.05, 0) is 29.6 Å². The minimum atomic E-state index is -0.987. The minimum Gasteiger partial charge on any atom is -0.493 e. The summed E-state index contributed by atoms with van der Waals surface area (Å²) in [5, 5.41) is 10.9. The van der Waals surface area contributed by atoms with Crippen molar-refractivity contribution in [2.45, 2.75) is 6.61 Å². The van der Waals surface area contributed by atoms with Gasteiger partial charge in [-0.3, -0.25) is 0 Å². The lowest BCUT2D eigenvalue weighted by Gasteiger charge is -2.10. The molecule has 0 aliphatic carbocycles. The molecule has 5 heteroatoms. The van der Waals surface area contributed by atoms with Gasteiger partial charge in [-0.15, -0.1) is 11.3 Å². The molecule has 0 atom stereocenters. The molecule has 0 aliphatic heterocycles. The zero-order chi connectivity index (χ0) is 13.0. The normalized spacial score (nSPS) is 10.1. The maximum Gasteiger partial charge on any atom is 0.335 e. The Labute approximate surface area is 108 Å². The van der Waals surface area contributed by atoms with Crippen molar-refractivity contribution in [2.75, 3.05) is 7.11 Å². The maximum atomic E-state index is 10.9. The summed E-state index contributed by atoms with van der Waals surface area (Å²) < 4.78 is 10.7. The van der Waals surface area contributed by atoms with E-state index in [4.69, 9.17) is 14.6 Å². The van der Waals surface area contributed by atoms with Gasteiger partial charge in [-0.25, -0.2) is 4.79 Å². The molecule has 0 bridgehead atoms. The fourth-order valence-electron chi connectivity index (χ4n) is 1.47. The molecule has 2 aromatic rings. The third-order valence-corrected chi connectivity index (χ3v) is 3.21. The summed E-state index contributed by atoms with van der Waals surface area (Å²) in [7, 11) is 1.52. The number of thiophene rings is 1. The number of methoxy groups -OCH3 is 1. The van der Waals surface area contributed by atoms with Crippen LogP contribution in [0, 0.1) is 0 Å². The first-order valence-corrected chi connectivity index (χ1v) is 6.15. The molecule has 0 unspecified atom stereocenters. The van der Waals surface area contributed by atoms with Crippen LogP contribution in [0.2, 0.25) is 0 Å². The Kier molecular flexibility index (Phi) is 3.84. The highest BCUT2D eigenvalue weighted by molar-refractivity contribution is 7.09. The molecule has 0 amide bonds. The van der Waals surface area contributed by atoms with Crippen molar-refractivity contribution in [3.05, 3.63) is 46.2 Å². The summed E-state index contributed by atoms with van der Waals surface area (Å²) in [6.07, 6.45) is 0. The van der Waals surface area contributed by atoms with Gasteiger partial charge in [0.1, 0.15) is 6.61 Å². The average Bonchev–Trinajstić information content (AvgIpc) is 2.89. The number of hydrogen-bond acceptors (Lipinski definition) is 4. The van der Waals surface area contributed by atoms with Crippen LogP contribution in [0.25, 0.3) is 0 Å². The fraction of sp³-hybridized carbons (Fsp3) is 0.154. The number of carbonyl (C=O) groups is 1. The van der Waals surface area contributed by atoms with E-state index in [2.05, 4.69) is 0 Å². The van der Waals surface area contributed by atoms with Crippen LogP contribution >= 0.6 is 11.3 Å². The third-order valence-electron chi connectivity index (χ3n) is 2.36.